The van der Waals surface area contributed by atoms with E-state index in [1.807, 2.05) is 0 Å². The van der Waals surface area contributed by atoms with Crippen LogP contribution in [-0.4, -0.2) is 32.8 Å². The first-order valence-electron chi connectivity index (χ1n) is 6.14. The first kappa shape index (κ1) is 13.9. The van der Waals surface area contributed by atoms with E-state index in [4.69, 9.17) is 15.3 Å². The number of hydrogen-bond donors (Lipinski definition) is 2. The standard InChI is InChI=1S/C13H15N3O4/c1-2-20-12(19)8-16-10-6-4-3-5-9(10)15(13(16)14)7-11(17)18/h3-6,14H,2,7-8H2,1H3,(H,17,18). The normalized spacial score (nSPS) is 10.7. The summed E-state index contributed by atoms with van der Waals surface area (Å²) < 4.78 is 7.66. The molecule has 1 aromatic heterocycles. The summed E-state index contributed by atoms with van der Waals surface area (Å²) in [4.78, 5) is 22.5. The Labute approximate surface area is 114 Å². The van der Waals surface area contributed by atoms with E-state index in [-0.39, 0.29) is 25.3 Å². The molecule has 0 spiro atoms. The number of aromatic nitrogens is 2. The van der Waals surface area contributed by atoms with E-state index in [1.54, 1.807) is 31.2 Å². The molecule has 0 fully saturated rings. The molecule has 0 aliphatic rings. The minimum absolute atomic E-state index is 0.0401. The summed E-state index contributed by atoms with van der Waals surface area (Å²) in [7, 11) is 0. The molecule has 106 valence electrons. The van der Waals surface area contributed by atoms with Crippen LogP contribution in [0.1, 0.15) is 6.92 Å². The second-order valence-corrected chi connectivity index (χ2v) is 4.18. The largest absolute Gasteiger partial charge is 0.480 e. The van der Waals surface area contributed by atoms with Crippen LogP contribution in [0.4, 0.5) is 0 Å². The van der Waals surface area contributed by atoms with Crippen LogP contribution >= 0.6 is 0 Å². The van der Waals surface area contributed by atoms with Crippen molar-refractivity contribution in [2.24, 2.45) is 0 Å². The number of carbonyl (C=O) groups excluding carboxylic acids is 1. The van der Waals surface area contributed by atoms with E-state index >= 15 is 0 Å². The van der Waals surface area contributed by atoms with Crippen molar-refractivity contribution in [3.8, 4) is 0 Å². The van der Waals surface area contributed by atoms with Gasteiger partial charge in [-0.25, -0.2) is 0 Å². The molecule has 0 atom stereocenters. The minimum Gasteiger partial charge on any atom is -0.480 e. The van der Waals surface area contributed by atoms with Crippen LogP contribution in [0.2, 0.25) is 0 Å². The summed E-state index contributed by atoms with van der Waals surface area (Å²) in [6.45, 7) is 1.54. The molecule has 20 heavy (non-hydrogen) atoms. The number of aliphatic carboxylic acids is 1. The highest BCUT2D eigenvalue weighted by Gasteiger charge is 2.15. The quantitative estimate of drug-likeness (QED) is 0.781. The zero-order chi connectivity index (χ0) is 14.7. The van der Waals surface area contributed by atoms with E-state index in [0.29, 0.717) is 11.0 Å². The van der Waals surface area contributed by atoms with Crippen molar-refractivity contribution in [3.05, 3.63) is 29.9 Å². The molecule has 2 rings (SSSR count). The number of carboxylic acid groups (broad SMARTS) is 1. The Balaban J connectivity index is 2.54. The zero-order valence-corrected chi connectivity index (χ0v) is 11.0. The fourth-order valence-corrected chi connectivity index (χ4v) is 2.09. The number of esters is 1. The van der Waals surface area contributed by atoms with Crippen LogP contribution in [0.15, 0.2) is 24.3 Å². The highest BCUT2D eigenvalue weighted by Crippen LogP contribution is 2.12. The maximum atomic E-state index is 11.6. The van der Waals surface area contributed by atoms with Gasteiger partial charge in [-0.3, -0.25) is 24.1 Å². The smallest absolute Gasteiger partial charge is 0.326 e. The molecule has 7 nitrogen and oxygen atoms in total. The maximum absolute atomic E-state index is 11.6. The average molecular weight is 277 g/mol. The molecule has 0 radical (unpaired) electrons. The van der Waals surface area contributed by atoms with Crippen molar-refractivity contribution in [3.63, 3.8) is 0 Å². The SMILES string of the molecule is CCOC(=O)Cn1c(=N)n(CC(=O)O)c2ccccc21. The van der Waals surface area contributed by atoms with Gasteiger partial charge in [0.15, 0.2) is 0 Å². The van der Waals surface area contributed by atoms with Crippen LogP contribution in [0.5, 0.6) is 0 Å². The number of carboxylic acids is 1. The van der Waals surface area contributed by atoms with Crippen molar-refractivity contribution in [2.75, 3.05) is 6.61 Å². The number of imidazole rings is 1. The summed E-state index contributed by atoms with van der Waals surface area (Å²) in [5.41, 5.74) is 1.19. The third kappa shape index (κ3) is 2.56. The summed E-state index contributed by atoms with van der Waals surface area (Å²) in [5.74, 6) is -1.49. The van der Waals surface area contributed by atoms with Gasteiger partial charge in [-0.05, 0) is 19.1 Å². The Bertz CT molecular complexity index is 714. The molecule has 0 aliphatic carbocycles. The van der Waals surface area contributed by atoms with Crippen molar-refractivity contribution in [1.29, 1.82) is 5.41 Å². The molecule has 0 saturated heterocycles. The summed E-state index contributed by atoms with van der Waals surface area (Å²) in [6, 6.07) is 6.99. The van der Waals surface area contributed by atoms with E-state index in [1.165, 1.54) is 9.13 Å². The Hall–Kier alpha value is -2.57. The van der Waals surface area contributed by atoms with Gasteiger partial charge in [-0.15, -0.1) is 0 Å². The lowest BCUT2D eigenvalue weighted by Gasteiger charge is -2.04. The number of benzene rings is 1. The second kappa shape index (κ2) is 5.60. The Kier molecular flexibility index (Phi) is 3.88. The monoisotopic (exact) mass is 277 g/mol. The van der Waals surface area contributed by atoms with E-state index in [9.17, 15) is 9.59 Å². The fourth-order valence-electron chi connectivity index (χ4n) is 2.09. The van der Waals surface area contributed by atoms with Gasteiger partial charge in [0.25, 0.3) is 0 Å². The topological polar surface area (TPSA) is 97.3 Å². The van der Waals surface area contributed by atoms with Gasteiger partial charge in [0.05, 0.1) is 17.6 Å². The molecule has 2 N–H and O–H groups in total. The number of para-hydroxylation sites is 2. The summed E-state index contributed by atoms with van der Waals surface area (Å²) >= 11 is 0. The third-order valence-electron chi connectivity index (χ3n) is 2.86. The lowest BCUT2D eigenvalue weighted by molar-refractivity contribution is -0.143. The number of nitrogens with zero attached hydrogens (tertiary/aromatic N) is 2. The van der Waals surface area contributed by atoms with Crippen LogP contribution in [0.3, 0.4) is 0 Å². The Morgan fingerprint density at radius 1 is 1.20 bits per heavy atom. The first-order chi connectivity index (χ1) is 9.54. The number of nitrogens with one attached hydrogen (secondary N) is 1. The molecule has 1 aromatic carbocycles. The van der Waals surface area contributed by atoms with Crippen molar-refractivity contribution < 1.29 is 19.4 Å². The number of hydrogen-bond acceptors (Lipinski definition) is 4. The minimum atomic E-state index is -1.04. The van der Waals surface area contributed by atoms with E-state index in [0.717, 1.165) is 0 Å². The van der Waals surface area contributed by atoms with Crippen LogP contribution in [-0.2, 0) is 27.4 Å². The number of rotatable bonds is 5. The van der Waals surface area contributed by atoms with Crippen molar-refractivity contribution >= 4 is 23.0 Å². The molecule has 0 saturated carbocycles. The maximum Gasteiger partial charge on any atom is 0.326 e. The first-order valence-corrected chi connectivity index (χ1v) is 6.14. The molecule has 0 unspecified atom stereocenters. The number of ether oxygens (including phenoxy) is 1. The Morgan fingerprint density at radius 3 is 2.25 bits per heavy atom. The molecular formula is C13H15N3O4. The van der Waals surface area contributed by atoms with Crippen LogP contribution in [0, 0.1) is 5.41 Å². The average Bonchev–Trinajstić information content (AvgIpc) is 2.65. The highest BCUT2D eigenvalue weighted by atomic mass is 16.5. The van der Waals surface area contributed by atoms with Gasteiger partial charge in [-0.2, -0.15) is 0 Å². The van der Waals surface area contributed by atoms with Crippen LogP contribution in [0.25, 0.3) is 11.0 Å². The van der Waals surface area contributed by atoms with E-state index < -0.39 is 11.9 Å². The number of carbonyl (C=O) groups is 2. The van der Waals surface area contributed by atoms with Gasteiger partial charge in [-0.1, -0.05) is 12.1 Å². The van der Waals surface area contributed by atoms with Crippen molar-refractivity contribution in [1.82, 2.24) is 9.13 Å². The summed E-state index contributed by atoms with van der Waals surface area (Å²) in [5, 5.41) is 17.0. The molecule has 0 bridgehead atoms. The molecular weight excluding hydrogens is 262 g/mol. The molecule has 1 heterocycles. The van der Waals surface area contributed by atoms with Gasteiger partial charge in [0.1, 0.15) is 13.1 Å². The fraction of sp³-hybridized carbons (Fsp3) is 0.308. The molecule has 7 heteroatoms. The molecule has 2 aromatic rings. The van der Waals surface area contributed by atoms with Gasteiger partial charge >= 0.3 is 11.9 Å². The lowest BCUT2D eigenvalue weighted by Crippen LogP contribution is -2.29. The third-order valence-corrected chi connectivity index (χ3v) is 2.86. The molecule has 0 amide bonds. The van der Waals surface area contributed by atoms with E-state index in [2.05, 4.69) is 0 Å². The van der Waals surface area contributed by atoms with Gasteiger partial charge < -0.3 is 9.84 Å². The second-order valence-electron chi connectivity index (χ2n) is 4.18. The lowest BCUT2D eigenvalue weighted by atomic mass is 10.3. The number of fused-ring (bicyclic) bond motifs is 1. The summed E-state index contributed by atoms with van der Waals surface area (Å²) in [6.07, 6.45) is 0. The predicted octanol–water partition coefficient (Wildman–Crippen LogP) is 0.570. The van der Waals surface area contributed by atoms with Crippen LogP contribution < -0.4 is 5.62 Å². The zero-order valence-electron chi connectivity index (χ0n) is 11.0. The highest BCUT2D eigenvalue weighted by molar-refractivity contribution is 5.80. The molecule has 0 aliphatic heterocycles. The Morgan fingerprint density at radius 2 is 1.75 bits per heavy atom. The predicted molar refractivity (Wildman–Crippen MR) is 70.1 cm³/mol. The van der Waals surface area contributed by atoms with Gasteiger partial charge in [0.2, 0.25) is 5.62 Å². The van der Waals surface area contributed by atoms with Gasteiger partial charge in [0, 0.05) is 0 Å². The van der Waals surface area contributed by atoms with Crippen molar-refractivity contribution in [2.45, 2.75) is 20.0 Å².